The minimum Gasteiger partial charge on any atom is -0.366 e. The summed E-state index contributed by atoms with van der Waals surface area (Å²) < 4.78 is 0. The molecule has 0 saturated carbocycles. The van der Waals surface area contributed by atoms with Gasteiger partial charge in [0.1, 0.15) is 5.82 Å². The van der Waals surface area contributed by atoms with Crippen molar-refractivity contribution in [3.05, 3.63) is 40.5 Å². The lowest BCUT2D eigenvalue weighted by Gasteiger charge is -2.25. The number of nitrogens with zero attached hydrogens (tertiary/aromatic N) is 2. The quantitative estimate of drug-likeness (QED) is 0.908. The number of hydrogen-bond donors (Lipinski definition) is 2. The van der Waals surface area contributed by atoms with E-state index in [2.05, 4.69) is 22.5 Å². The van der Waals surface area contributed by atoms with E-state index in [0.29, 0.717) is 6.04 Å². The zero-order chi connectivity index (χ0) is 15.5. The Labute approximate surface area is 136 Å². The predicted molar refractivity (Wildman–Crippen MR) is 91.5 cm³/mol. The molecule has 2 aromatic rings. The largest absolute Gasteiger partial charge is 0.366 e. The molecule has 0 spiro atoms. The van der Waals surface area contributed by atoms with Crippen molar-refractivity contribution >= 4 is 17.4 Å². The maximum atomic E-state index is 5.96. The van der Waals surface area contributed by atoms with Gasteiger partial charge in [-0.05, 0) is 57.5 Å². The summed E-state index contributed by atoms with van der Waals surface area (Å²) in [6.45, 7) is 6.19. The number of rotatable bonds is 3. The number of aromatic nitrogens is 2. The summed E-state index contributed by atoms with van der Waals surface area (Å²) in [7, 11) is 0. The summed E-state index contributed by atoms with van der Waals surface area (Å²) in [6.07, 6.45) is 2.37. The van der Waals surface area contributed by atoms with Crippen LogP contribution in [0.1, 0.15) is 24.1 Å². The molecule has 22 heavy (non-hydrogen) atoms. The molecule has 1 aliphatic heterocycles. The third-order valence-electron chi connectivity index (χ3n) is 4.13. The molecule has 2 N–H and O–H groups in total. The summed E-state index contributed by atoms with van der Waals surface area (Å²) >= 11 is 5.96. The fourth-order valence-electron chi connectivity index (χ4n) is 2.67. The Kier molecular flexibility index (Phi) is 4.60. The lowest BCUT2D eigenvalue weighted by atomic mass is 10.1. The maximum Gasteiger partial charge on any atom is 0.161 e. The Morgan fingerprint density at radius 3 is 2.64 bits per heavy atom. The molecule has 116 valence electrons. The van der Waals surface area contributed by atoms with E-state index in [0.717, 1.165) is 46.6 Å². The number of hydrogen-bond acceptors (Lipinski definition) is 4. The predicted octanol–water partition coefficient (Wildman–Crippen LogP) is 3.58. The minimum atomic E-state index is 0.430. The van der Waals surface area contributed by atoms with Crippen LogP contribution < -0.4 is 10.6 Å². The van der Waals surface area contributed by atoms with Gasteiger partial charge in [0.15, 0.2) is 5.82 Å². The van der Waals surface area contributed by atoms with Gasteiger partial charge in [0.2, 0.25) is 0 Å². The molecule has 1 unspecified atom stereocenters. The van der Waals surface area contributed by atoms with Crippen LogP contribution in [0.3, 0.4) is 0 Å². The van der Waals surface area contributed by atoms with Crippen LogP contribution in [0.4, 0.5) is 5.82 Å². The molecule has 1 aliphatic rings. The van der Waals surface area contributed by atoms with Crippen LogP contribution in [-0.2, 0) is 0 Å². The lowest BCUT2D eigenvalue weighted by Crippen LogP contribution is -2.38. The van der Waals surface area contributed by atoms with Crippen LogP contribution in [0.15, 0.2) is 24.3 Å². The van der Waals surface area contributed by atoms with Crippen LogP contribution >= 0.6 is 11.6 Å². The summed E-state index contributed by atoms with van der Waals surface area (Å²) in [5.41, 5.74) is 3.10. The van der Waals surface area contributed by atoms with E-state index in [9.17, 15) is 0 Å². The number of piperidine rings is 1. The van der Waals surface area contributed by atoms with E-state index in [1.165, 1.54) is 12.8 Å². The van der Waals surface area contributed by atoms with E-state index in [-0.39, 0.29) is 0 Å². The first-order chi connectivity index (χ1) is 10.6. The second-order valence-corrected chi connectivity index (χ2v) is 6.24. The Morgan fingerprint density at radius 1 is 1.18 bits per heavy atom. The van der Waals surface area contributed by atoms with Crippen molar-refractivity contribution in [3.8, 4) is 11.4 Å². The van der Waals surface area contributed by atoms with Crippen molar-refractivity contribution in [3.63, 3.8) is 0 Å². The summed E-state index contributed by atoms with van der Waals surface area (Å²) in [5, 5.41) is 7.71. The maximum absolute atomic E-state index is 5.96. The van der Waals surface area contributed by atoms with Crippen molar-refractivity contribution in [1.29, 1.82) is 0 Å². The van der Waals surface area contributed by atoms with Gasteiger partial charge in [-0.2, -0.15) is 0 Å². The van der Waals surface area contributed by atoms with Gasteiger partial charge in [-0.3, -0.25) is 0 Å². The van der Waals surface area contributed by atoms with Crippen LogP contribution in [0.2, 0.25) is 5.02 Å². The van der Waals surface area contributed by atoms with Crippen molar-refractivity contribution in [1.82, 2.24) is 15.3 Å². The van der Waals surface area contributed by atoms with Gasteiger partial charge < -0.3 is 10.6 Å². The van der Waals surface area contributed by atoms with E-state index in [1.54, 1.807) is 0 Å². The van der Waals surface area contributed by atoms with Gasteiger partial charge >= 0.3 is 0 Å². The van der Waals surface area contributed by atoms with E-state index in [1.807, 2.05) is 31.2 Å². The van der Waals surface area contributed by atoms with Crippen LogP contribution in [-0.4, -0.2) is 29.1 Å². The van der Waals surface area contributed by atoms with Gasteiger partial charge in [0.05, 0.1) is 0 Å². The van der Waals surface area contributed by atoms with Crippen LogP contribution in [0.5, 0.6) is 0 Å². The Hall–Kier alpha value is -1.65. The molecule has 0 aliphatic carbocycles. The van der Waals surface area contributed by atoms with E-state index < -0.39 is 0 Å². The zero-order valence-electron chi connectivity index (χ0n) is 13.0. The van der Waals surface area contributed by atoms with Gasteiger partial charge in [-0.1, -0.05) is 11.6 Å². The molecule has 0 radical (unpaired) electrons. The molecule has 1 fully saturated rings. The molecule has 0 amide bonds. The highest BCUT2D eigenvalue weighted by Gasteiger charge is 2.16. The Bertz CT molecular complexity index is 648. The molecule has 1 saturated heterocycles. The van der Waals surface area contributed by atoms with Gasteiger partial charge in [-0.25, -0.2) is 9.97 Å². The average molecular weight is 317 g/mol. The first-order valence-corrected chi connectivity index (χ1v) is 8.10. The number of halogens is 1. The molecule has 1 aromatic carbocycles. The second kappa shape index (κ2) is 6.63. The Balaban J connectivity index is 1.90. The second-order valence-electron chi connectivity index (χ2n) is 5.80. The average Bonchev–Trinajstić information content (AvgIpc) is 2.53. The number of benzene rings is 1. The van der Waals surface area contributed by atoms with Crippen LogP contribution in [0, 0.1) is 13.8 Å². The molecular formula is C17H21ClN4. The van der Waals surface area contributed by atoms with Crippen LogP contribution in [0.25, 0.3) is 11.4 Å². The third kappa shape index (κ3) is 3.39. The monoisotopic (exact) mass is 316 g/mol. The molecule has 4 nitrogen and oxygen atoms in total. The van der Waals surface area contributed by atoms with Crippen molar-refractivity contribution < 1.29 is 0 Å². The molecule has 3 rings (SSSR count). The van der Waals surface area contributed by atoms with Gasteiger partial charge in [0.25, 0.3) is 0 Å². The standard InChI is InChI=1S/C17H21ClN4/c1-11-12(2)20-17(13-5-7-14(18)8-6-13)22-16(11)21-15-4-3-9-19-10-15/h5-8,15,19H,3-4,9-10H2,1-2H3,(H,20,21,22). The fraction of sp³-hybridized carbons (Fsp3) is 0.412. The summed E-state index contributed by atoms with van der Waals surface area (Å²) in [4.78, 5) is 9.35. The lowest BCUT2D eigenvalue weighted by molar-refractivity contribution is 0.478. The smallest absolute Gasteiger partial charge is 0.161 e. The molecule has 5 heteroatoms. The molecule has 2 heterocycles. The highest BCUT2D eigenvalue weighted by molar-refractivity contribution is 6.30. The Morgan fingerprint density at radius 2 is 1.95 bits per heavy atom. The molecule has 1 aromatic heterocycles. The zero-order valence-corrected chi connectivity index (χ0v) is 13.7. The number of nitrogens with one attached hydrogen (secondary N) is 2. The highest BCUT2D eigenvalue weighted by atomic mass is 35.5. The first kappa shape index (κ1) is 15.3. The molecule has 1 atom stereocenters. The van der Waals surface area contributed by atoms with Crippen molar-refractivity contribution in [2.24, 2.45) is 0 Å². The van der Waals surface area contributed by atoms with Gasteiger partial charge in [0, 0.05) is 34.4 Å². The summed E-state index contributed by atoms with van der Waals surface area (Å²) in [5.74, 6) is 1.68. The van der Waals surface area contributed by atoms with Crippen molar-refractivity contribution in [2.45, 2.75) is 32.7 Å². The van der Waals surface area contributed by atoms with Crippen molar-refractivity contribution in [2.75, 3.05) is 18.4 Å². The number of aryl methyl sites for hydroxylation is 1. The number of anilines is 1. The third-order valence-corrected chi connectivity index (χ3v) is 4.38. The summed E-state index contributed by atoms with van der Waals surface area (Å²) in [6, 6.07) is 8.08. The molecular weight excluding hydrogens is 296 g/mol. The topological polar surface area (TPSA) is 49.8 Å². The molecule has 0 bridgehead atoms. The minimum absolute atomic E-state index is 0.430. The highest BCUT2D eigenvalue weighted by Crippen LogP contribution is 2.24. The van der Waals surface area contributed by atoms with E-state index in [4.69, 9.17) is 16.6 Å². The normalized spacial score (nSPS) is 18.2. The SMILES string of the molecule is Cc1nc(-c2ccc(Cl)cc2)nc(NC2CCCNC2)c1C. The van der Waals surface area contributed by atoms with Gasteiger partial charge in [-0.15, -0.1) is 0 Å². The fourth-order valence-corrected chi connectivity index (χ4v) is 2.79. The first-order valence-electron chi connectivity index (χ1n) is 7.72. The van der Waals surface area contributed by atoms with E-state index >= 15 is 0 Å².